The van der Waals surface area contributed by atoms with Crippen LogP contribution in [0.15, 0.2) is 60.7 Å². The minimum Gasteiger partial charge on any atom is -0.493 e. The molecule has 0 fully saturated rings. The van der Waals surface area contributed by atoms with Gasteiger partial charge in [-0.3, -0.25) is 4.79 Å². The molecule has 3 aromatic carbocycles. The van der Waals surface area contributed by atoms with Crippen molar-refractivity contribution in [2.75, 3.05) is 19.5 Å². The Morgan fingerprint density at radius 2 is 1.39 bits per heavy atom. The van der Waals surface area contributed by atoms with E-state index in [4.69, 9.17) is 14.2 Å². The SMILES string of the molecule is COc1cc(C)c(NC(=O)c2ccc(Oc3ccc(F)cc3)cc2)cc1OC. The number of benzene rings is 3. The molecule has 0 aliphatic heterocycles. The molecule has 1 N–H and O–H groups in total. The smallest absolute Gasteiger partial charge is 0.255 e. The van der Waals surface area contributed by atoms with E-state index in [1.807, 2.05) is 6.92 Å². The van der Waals surface area contributed by atoms with Gasteiger partial charge in [0.1, 0.15) is 17.3 Å². The molecule has 1 amide bonds. The van der Waals surface area contributed by atoms with Crippen LogP contribution in [0.25, 0.3) is 0 Å². The highest BCUT2D eigenvalue weighted by Crippen LogP contribution is 2.33. The van der Waals surface area contributed by atoms with Gasteiger partial charge in [0.25, 0.3) is 5.91 Å². The number of anilines is 1. The number of ether oxygens (including phenoxy) is 3. The third-order valence-electron chi connectivity index (χ3n) is 4.14. The molecule has 28 heavy (non-hydrogen) atoms. The molecule has 144 valence electrons. The summed E-state index contributed by atoms with van der Waals surface area (Å²) in [5, 5.41) is 2.87. The van der Waals surface area contributed by atoms with E-state index in [1.54, 1.807) is 50.6 Å². The van der Waals surface area contributed by atoms with Gasteiger partial charge in [-0.2, -0.15) is 0 Å². The fourth-order valence-corrected chi connectivity index (χ4v) is 2.62. The van der Waals surface area contributed by atoms with E-state index in [0.29, 0.717) is 34.2 Å². The van der Waals surface area contributed by atoms with E-state index in [2.05, 4.69) is 5.32 Å². The molecule has 0 unspecified atom stereocenters. The molecule has 0 saturated carbocycles. The van der Waals surface area contributed by atoms with Crippen molar-refractivity contribution >= 4 is 11.6 Å². The Morgan fingerprint density at radius 1 is 0.857 bits per heavy atom. The third-order valence-corrected chi connectivity index (χ3v) is 4.14. The van der Waals surface area contributed by atoms with Gasteiger partial charge in [0.15, 0.2) is 11.5 Å². The van der Waals surface area contributed by atoms with Gasteiger partial charge < -0.3 is 19.5 Å². The molecular weight excluding hydrogens is 361 g/mol. The van der Waals surface area contributed by atoms with Crippen LogP contribution in [0.5, 0.6) is 23.0 Å². The summed E-state index contributed by atoms with van der Waals surface area (Å²) < 4.78 is 29.1. The predicted molar refractivity (Wildman–Crippen MR) is 105 cm³/mol. The van der Waals surface area contributed by atoms with Crippen LogP contribution >= 0.6 is 0 Å². The monoisotopic (exact) mass is 381 g/mol. The van der Waals surface area contributed by atoms with Crippen molar-refractivity contribution in [1.29, 1.82) is 0 Å². The highest BCUT2D eigenvalue weighted by atomic mass is 19.1. The average molecular weight is 381 g/mol. The zero-order valence-electron chi connectivity index (χ0n) is 15.8. The summed E-state index contributed by atoms with van der Waals surface area (Å²) in [7, 11) is 3.10. The first kappa shape index (κ1) is 19.2. The number of amides is 1. The van der Waals surface area contributed by atoms with Gasteiger partial charge in [0.2, 0.25) is 0 Å². The number of hydrogen-bond acceptors (Lipinski definition) is 4. The van der Waals surface area contributed by atoms with Crippen molar-refractivity contribution in [3.05, 3.63) is 77.6 Å². The molecule has 0 aliphatic carbocycles. The number of carbonyl (C=O) groups excluding carboxylic acids is 1. The number of nitrogens with one attached hydrogen (secondary N) is 1. The maximum absolute atomic E-state index is 12.9. The van der Waals surface area contributed by atoms with Crippen molar-refractivity contribution in [3.63, 3.8) is 0 Å². The largest absolute Gasteiger partial charge is 0.493 e. The summed E-state index contributed by atoms with van der Waals surface area (Å²) in [6, 6.07) is 15.9. The molecule has 3 rings (SSSR count). The lowest BCUT2D eigenvalue weighted by Crippen LogP contribution is -2.13. The quantitative estimate of drug-likeness (QED) is 0.638. The highest BCUT2D eigenvalue weighted by molar-refractivity contribution is 6.04. The summed E-state index contributed by atoms with van der Waals surface area (Å²) >= 11 is 0. The Hall–Kier alpha value is -3.54. The topological polar surface area (TPSA) is 56.8 Å². The van der Waals surface area contributed by atoms with Crippen molar-refractivity contribution in [2.24, 2.45) is 0 Å². The van der Waals surface area contributed by atoms with Crippen LogP contribution in [-0.2, 0) is 0 Å². The molecule has 0 bridgehead atoms. The van der Waals surface area contributed by atoms with Gasteiger partial charge in [-0.1, -0.05) is 0 Å². The maximum Gasteiger partial charge on any atom is 0.255 e. The summed E-state index contributed by atoms with van der Waals surface area (Å²) in [5.41, 5.74) is 1.96. The molecule has 0 atom stereocenters. The van der Waals surface area contributed by atoms with Crippen molar-refractivity contribution < 1.29 is 23.4 Å². The number of carbonyl (C=O) groups is 1. The summed E-state index contributed by atoms with van der Waals surface area (Å²) in [6.07, 6.45) is 0. The highest BCUT2D eigenvalue weighted by Gasteiger charge is 2.12. The maximum atomic E-state index is 12.9. The first-order valence-electron chi connectivity index (χ1n) is 8.57. The number of methoxy groups -OCH3 is 2. The van der Waals surface area contributed by atoms with E-state index in [0.717, 1.165) is 5.56 Å². The second kappa shape index (κ2) is 8.43. The Kier molecular flexibility index (Phi) is 5.79. The second-order valence-electron chi connectivity index (χ2n) is 6.06. The third kappa shape index (κ3) is 4.40. The minimum atomic E-state index is -0.329. The molecular formula is C22H20FNO4. The van der Waals surface area contributed by atoms with E-state index >= 15 is 0 Å². The standard InChI is InChI=1S/C22H20FNO4/c1-14-12-20(26-2)21(27-3)13-19(14)24-22(25)15-4-8-17(9-5-15)28-18-10-6-16(23)7-11-18/h4-13H,1-3H3,(H,24,25). The molecule has 0 radical (unpaired) electrons. The zero-order valence-corrected chi connectivity index (χ0v) is 15.8. The lowest BCUT2D eigenvalue weighted by atomic mass is 10.1. The van der Waals surface area contributed by atoms with Crippen LogP contribution in [0.3, 0.4) is 0 Å². The summed E-state index contributed by atoms with van der Waals surface area (Å²) in [4.78, 5) is 12.6. The Bertz CT molecular complexity index is 969. The van der Waals surface area contributed by atoms with E-state index in [9.17, 15) is 9.18 Å². The predicted octanol–water partition coefficient (Wildman–Crippen LogP) is 5.20. The van der Waals surface area contributed by atoms with Gasteiger partial charge in [-0.15, -0.1) is 0 Å². The van der Waals surface area contributed by atoms with Gasteiger partial charge in [-0.05, 0) is 67.1 Å². The Balaban J connectivity index is 1.72. The van der Waals surface area contributed by atoms with Crippen molar-refractivity contribution in [2.45, 2.75) is 6.92 Å². The number of rotatable bonds is 6. The lowest BCUT2D eigenvalue weighted by molar-refractivity contribution is 0.102. The van der Waals surface area contributed by atoms with Gasteiger partial charge >= 0.3 is 0 Å². The fraction of sp³-hybridized carbons (Fsp3) is 0.136. The second-order valence-corrected chi connectivity index (χ2v) is 6.06. The molecule has 5 nitrogen and oxygen atoms in total. The molecule has 0 aromatic heterocycles. The number of halogens is 1. The van der Waals surface area contributed by atoms with Crippen molar-refractivity contribution in [1.82, 2.24) is 0 Å². The average Bonchev–Trinajstić information content (AvgIpc) is 2.71. The van der Waals surface area contributed by atoms with Crippen LogP contribution in [0.1, 0.15) is 15.9 Å². The molecule has 0 heterocycles. The Labute approximate surface area is 162 Å². The van der Waals surface area contributed by atoms with E-state index < -0.39 is 0 Å². The zero-order chi connectivity index (χ0) is 20.1. The molecule has 0 spiro atoms. The van der Waals surface area contributed by atoms with E-state index in [-0.39, 0.29) is 11.7 Å². The van der Waals surface area contributed by atoms with Crippen molar-refractivity contribution in [3.8, 4) is 23.0 Å². The fourth-order valence-electron chi connectivity index (χ4n) is 2.62. The molecule has 6 heteroatoms. The first-order chi connectivity index (χ1) is 13.5. The molecule has 3 aromatic rings. The molecule has 0 aliphatic rings. The van der Waals surface area contributed by atoms with Crippen LogP contribution < -0.4 is 19.5 Å². The van der Waals surface area contributed by atoms with E-state index in [1.165, 1.54) is 24.3 Å². The van der Waals surface area contributed by atoms with Crippen LogP contribution in [0.4, 0.5) is 10.1 Å². The number of hydrogen-bond donors (Lipinski definition) is 1. The van der Waals surface area contributed by atoms with Gasteiger partial charge in [0.05, 0.1) is 14.2 Å². The van der Waals surface area contributed by atoms with Crippen LogP contribution in [0, 0.1) is 12.7 Å². The lowest BCUT2D eigenvalue weighted by Gasteiger charge is -2.14. The Morgan fingerprint density at radius 3 is 1.96 bits per heavy atom. The molecule has 0 saturated heterocycles. The summed E-state index contributed by atoms with van der Waals surface area (Å²) in [6.45, 7) is 1.87. The van der Waals surface area contributed by atoms with Crippen LogP contribution in [-0.4, -0.2) is 20.1 Å². The summed E-state index contributed by atoms with van der Waals surface area (Å²) in [5.74, 6) is 1.60. The van der Waals surface area contributed by atoms with Crippen LogP contribution in [0.2, 0.25) is 0 Å². The minimum absolute atomic E-state index is 0.261. The first-order valence-corrected chi connectivity index (χ1v) is 8.57. The van der Waals surface area contributed by atoms with Gasteiger partial charge in [0, 0.05) is 17.3 Å². The number of aryl methyl sites for hydroxylation is 1. The normalized spacial score (nSPS) is 10.3. The van der Waals surface area contributed by atoms with Gasteiger partial charge in [-0.25, -0.2) is 4.39 Å².